The monoisotopic (exact) mass is 772 g/mol. The molecule has 1 N–H and O–H groups in total. The third kappa shape index (κ3) is 9.31. The molecule has 0 aliphatic carbocycles. The zero-order chi connectivity index (χ0) is 34.8. The molecule has 0 saturated carbocycles. The Morgan fingerprint density at radius 2 is 0.673 bits per heavy atom. The second kappa shape index (κ2) is 17.8. The van der Waals surface area contributed by atoms with Crippen LogP contribution < -0.4 is 31.8 Å². The van der Waals surface area contributed by atoms with Crippen molar-refractivity contribution in [3.63, 3.8) is 0 Å². The minimum atomic E-state index is -0.833. The van der Waals surface area contributed by atoms with Gasteiger partial charge in [-0.15, -0.1) is 0 Å². The van der Waals surface area contributed by atoms with Gasteiger partial charge in [0.25, 0.3) is 5.97 Å². The summed E-state index contributed by atoms with van der Waals surface area (Å²) >= 11 is 0.559. The van der Waals surface area contributed by atoms with E-state index in [1.807, 2.05) is 0 Å². The molecule has 0 unspecified atom stereocenters. The van der Waals surface area contributed by atoms with E-state index >= 15 is 0 Å². The molecule has 0 bridgehead atoms. The van der Waals surface area contributed by atoms with Crippen molar-refractivity contribution in [2.45, 2.75) is 44.4 Å². The number of aryl methyl sites for hydroxylation is 4. The minimum absolute atomic E-state index is 0.559. The van der Waals surface area contributed by atoms with E-state index in [2.05, 4.69) is 173 Å². The van der Waals surface area contributed by atoms with E-state index in [4.69, 9.17) is 9.90 Å². The van der Waals surface area contributed by atoms with Crippen molar-refractivity contribution in [1.29, 1.82) is 0 Å². The third-order valence-electron chi connectivity index (χ3n) is 8.29. The molecule has 0 aromatic heterocycles. The molecule has 5 heteroatoms. The molecule has 0 spiro atoms. The summed E-state index contributed by atoms with van der Waals surface area (Å²) in [7, 11) is -1.31. The first-order chi connectivity index (χ1) is 23.8. The van der Waals surface area contributed by atoms with Gasteiger partial charge >= 0.3 is 282 Å². The van der Waals surface area contributed by atoms with Crippen LogP contribution in [0.4, 0.5) is 0 Å². The molecule has 0 atom stereocenters. The molecular formula is C44H44O2P2Pd. The first-order valence-electron chi connectivity index (χ1n) is 16.4. The van der Waals surface area contributed by atoms with Gasteiger partial charge in [-0.25, -0.2) is 0 Å². The van der Waals surface area contributed by atoms with Crippen LogP contribution >= 0.6 is 15.8 Å². The summed E-state index contributed by atoms with van der Waals surface area (Å²) in [6, 6.07) is 54.5. The molecule has 252 valence electrons. The summed E-state index contributed by atoms with van der Waals surface area (Å²) in [5.74, 6) is -0.833. The van der Waals surface area contributed by atoms with Gasteiger partial charge in [-0.1, -0.05) is 0 Å². The van der Waals surface area contributed by atoms with Gasteiger partial charge in [0, 0.05) is 6.92 Å². The summed E-state index contributed by atoms with van der Waals surface area (Å²) in [6.07, 6.45) is 0. The molecule has 0 radical (unpaired) electrons. The number of carbonyl (C=O) groups is 1. The van der Waals surface area contributed by atoms with E-state index < -0.39 is 21.8 Å². The molecule has 2 nitrogen and oxygen atoms in total. The van der Waals surface area contributed by atoms with Crippen molar-refractivity contribution in [2.75, 3.05) is 0 Å². The predicted molar refractivity (Wildman–Crippen MR) is 210 cm³/mol. The average molecular weight is 773 g/mol. The van der Waals surface area contributed by atoms with Gasteiger partial charge in [-0.3, -0.25) is 4.79 Å². The van der Waals surface area contributed by atoms with Gasteiger partial charge in [0.05, 0.1) is 0 Å². The van der Waals surface area contributed by atoms with E-state index in [1.54, 1.807) is 0 Å². The van der Waals surface area contributed by atoms with Gasteiger partial charge < -0.3 is 5.11 Å². The number of carboxylic acids is 1. The Labute approximate surface area is 303 Å². The quantitative estimate of drug-likeness (QED) is 0.112. The van der Waals surface area contributed by atoms with E-state index in [-0.39, 0.29) is 0 Å². The first kappa shape index (κ1) is 36.6. The first-order valence-corrected chi connectivity index (χ1v) is 21.3. The maximum absolute atomic E-state index is 9.00. The molecule has 0 aliphatic rings. The van der Waals surface area contributed by atoms with Crippen LogP contribution in [0.1, 0.15) is 40.3 Å². The molecule has 0 saturated heterocycles. The van der Waals surface area contributed by atoms with Crippen molar-refractivity contribution in [2.24, 2.45) is 0 Å². The Morgan fingerprint density at radius 3 is 0.939 bits per heavy atom. The summed E-state index contributed by atoms with van der Waals surface area (Å²) in [6.45, 7) is 10.2. The van der Waals surface area contributed by atoms with Gasteiger partial charge in [0.15, 0.2) is 0 Å². The van der Waals surface area contributed by atoms with Crippen LogP contribution in [0.15, 0.2) is 146 Å². The van der Waals surface area contributed by atoms with E-state index in [9.17, 15) is 0 Å². The predicted octanol–water partition coefficient (Wildman–Crippen LogP) is 8.31. The van der Waals surface area contributed by atoms with Gasteiger partial charge in [0.1, 0.15) is 0 Å². The summed E-state index contributed by atoms with van der Waals surface area (Å²) in [5.41, 5.74) is 8.51. The number of benzene rings is 6. The molecule has 0 fully saturated rings. The van der Waals surface area contributed by atoms with Crippen molar-refractivity contribution >= 4 is 53.6 Å². The van der Waals surface area contributed by atoms with Crippen molar-refractivity contribution in [1.82, 2.24) is 0 Å². The SMILES string of the molecule is CC(=O)O.Cc1ccccc1P(c1ccccc1C)c1ccccc1[CH2][Pd][CH2]c1ccccc1P(c1ccccc1C)c1ccccc1C. The van der Waals surface area contributed by atoms with Gasteiger partial charge in [0.2, 0.25) is 0 Å². The zero-order valence-corrected chi connectivity index (χ0v) is 32.2. The summed E-state index contributed by atoms with van der Waals surface area (Å²) < 4.78 is 0. The van der Waals surface area contributed by atoms with E-state index in [1.165, 1.54) is 65.2 Å². The van der Waals surface area contributed by atoms with Crippen LogP contribution in [0, 0.1) is 27.7 Å². The molecule has 0 heterocycles. The van der Waals surface area contributed by atoms with Crippen LogP contribution in [0.3, 0.4) is 0 Å². The molecule has 0 amide bonds. The third-order valence-corrected chi connectivity index (χ3v) is 16.0. The normalized spacial score (nSPS) is 11.0. The number of carboxylic acid groups (broad SMARTS) is 1. The molecule has 6 aromatic rings. The fraction of sp³-hybridized carbons (Fsp3) is 0.159. The van der Waals surface area contributed by atoms with Crippen LogP contribution in [0.25, 0.3) is 0 Å². The number of hydrogen-bond acceptors (Lipinski definition) is 1. The molecule has 0 aliphatic heterocycles. The maximum atomic E-state index is 9.00. The Kier molecular flexibility index (Phi) is 13.3. The Morgan fingerprint density at radius 1 is 0.449 bits per heavy atom. The van der Waals surface area contributed by atoms with E-state index in [0.29, 0.717) is 18.0 Å². The number of aliphatic carboxylic acids is 1. The fourth-order valence-corrected chi connectivity index (χ4v) is 13.8. The average Bonchev–Trinajstić information content (AvgIpc) is 3.09. The molecule has 6 rings (SSSR count). The topological polar surface area (TPSA) is 37.3 Å². The Balaban J connectivity index is 0.00000111. The summed E-state index contributed by atoms with van der Waals surface area (Å²) in [5, 5.41) is 16.3. The van der Waals surface area contributed by atoms with Crippen LogP contribution in [0.5, 0.6) is 0 Å². The molecular weight excluding hydrogens is 729 g/mol. The number of hydrogen-bond donors (Lipinski definition) is 1. The van der Waals surface area contributed by atoms with Gasteiger partial charge in [-0.05, 0) is 0 Å². The Hall–Kier alpha value is -3.69. The fourth-order valence-electron chi connectivity index (χ4n) is 5.89. The van der Waals surface area contributed by atoms with E-state index in [0.717, 1.165) is 16.7 Å². The second-order valence-electron chi connectivity index (χ2n) is 12.0. The zero-order valence-electron chi connectivity index (χ0n) is 28.8. The van der Waals surface area contributed by atoms with Crippen LogP contribution in [-0.2, 0) is 32.6 Å². The van der Waals surface area contributed by atoms with Crippen molar-refractivity contribution < 1.29 is 27.9 Å². The Bertz CT molecular complexity index is 1790. The van der Waals surface area contributed by atoms with Gasteiger partial charge in [-0.2, -0.15) is 0 Å². The van der Waals surface area contributed by atoms with Crippen LogP contribution in [0.2, 0.25) is 0 Å². The van der Waals surface area contributed by atoms with Crippen molar-refractivity contribution in [3.8, 4) is 0 Å². The molecule has 6 aromatic carbocycles. The molecule has 49 heavy (non-hydrogen) atoms. The number of rotatable bonds is 10. The summed E-state index contributed by atoms with van der Waals surface area (Å²) in [4.78, 5) is 11.2. The van der Waals surface area contributed by atoms with Crippen molar-refractivity contribution in [3.05, 3.63) is 179 Å². The van der Waals surface area contributed by atoms with Crippen LogP contribution in [-0.4, -0.2) is 11.1 Å². The second-order valence-corrected chi connectivity index (χ2v) is 18.1. The standard InChI is InChI=1S/2C21H20P.C2H4O2.Pd/c2*1-16-10-4-7-13-19(16)22(20-14-8-5-11-17(20)2)21-15-9-6-12-18(21)3;1-2(3)4;/h2*4-15H,1H2,2-3H3;1H3,(H,3,4);.